The van der Waals surface area contributed by atoms with Gasteiger partial charge in [0.1, 0.15) is 5.75 Å². The highest BCUT2D eigenvalue weighted by Crippen LogP contribution is 2.35. The minimum atomic E-state index is -0.539. The normalized spacial score (nSPS) is 12.8. The molecule has 0 aliphatic rings. The molecular weight excluding hydrogens is 250 g/mol. The van der Waals surface area contributed by atoms with Crippen LogP contribution in [0.1, 0.15) is 46.3 Å². The molecule has 1 atom stereocenters. The van der Waals surface area contributed by atoms with E-state index in [0.717, 1.165) is 30.1 Å². The highest BCUT2D eigenvalue weighted by molar-refractivity contribution is 5.60. The molecule has 0 amide bonds. The molecule has 0 unspecified atom stereocenters. The second kappa shape index (κ2) is 7.53. The van der Waals surface area contributed by atoms with Crippen molar-refractivity contribution >= 4 is 5.69 Å². The number of anilines is 1. The van der Waals surface area contributed by atoms with Crippen LogP contribution in [0.3, 0.4) is 0 Å². The van der Waals surface area contributed by atoms with Gasteiger partial charge in [0.15, 0.2) is 0 Å². The Bertz CT molecular complexity index is 403. The molecule has 0 fully saturated rings. The maximum Gasteiger partial charge on any atom is 0.126 e. The van der Waals surface area contributed by atoms with Crippen molar-refractivity contribution < 1.29 is 9.84 Å². The lowest BCUT2D eigenvalue weighted by Crippen LogP contribution is -2.32. The van der Waals surface area contributed by atoms with Crippen molar-refractivity contribution in [2.45, 2.75) is 40.7 Å². The van der Waals surface area contributed by atoms with Crippen molar-refractivity contribution in [2.24, 2.45) is 11.8 Å². The van der Waals surface area contributed by atoms with Gasteiger partial charge in [-0.05, 0) is 30.9 Å². The van der Waals surface area contributed by atoms with Crippen LogP contribution in [0.2, 0.25) is 0 Å². The summed E-state index contributed by atoms with van der Waals surface area (Å²) in [5, 5.41) is 10.1. The molecule has 20 heavy (non-hydrogen) atoms. The first-order valence-electron chi connectivity index (χ1n) is 7.46. The maximum atomic E-state index is 10.1. The summed E-state index contributed by atoms with van der Waals surface area (Å²) in [6.45, 7) is 12.6. The fraction of sp³-hybridized carbons (Fsp3) is 0.647. The van der Waals surface area contributed by atoms with Gasteiger partial charge >= 0.3 is 0 Å². The van der Waals surface area contributed by atoms with E-state index in [-0.39, 0.29) is 0 Å². The van der Waals surface area contributed by atoms with E-state index in [2.05, 4.69) is 38.7 Å². The van der Waals surface area contributed by atoms with E-state index in [1.165, 1.54) is 0 Å². The minimum Gasteiger partial charge on any atom is -0.496 e. The van der Waals surface area contributed by atoms with Gasteiger partial charge in [0.05, 0.1) is 13.2 Å². The molecule has 0 saturated carbocycles. The largest absolute Gasteiger partial charge is 0.496 e. The first-order valence-corrected chi connectivity index (χ1v) is 7.46. The number of benzene rings is 1. The Morgan fingerprint density at radius 2 is 1.60 bits per heavy atom. The Morgan fingerprint density at radius 1 is 1.05 bits per heavy atom. The molecule has 1 rings (SSSR count). The summed E-state index contributed by atoms with van der Waals surface area (Å²) in [4.78, 5) is 2.36. The molecular formula is C17H29NO2. The van der Waals surface area contributed by atoms with Gasteiger partial charge in [-0.1, -0.05) is 33.8 Å². The third kappa shape index (κ3) is 4.41. The Balaban J connectivity index is 3.23. The minimum absolute atomic E-state index is 0.539. The van der Waals surface area contributed by atoms with E-state index < -0.39 is 6.10 Å². The quantitative estimate of drug-likeness (QED) is 0.822. The number of aliphatic hydroxyl groups is 1. The monoisotopic (exact) mass is 279 g/mol. The van der Waals surface area contributed by atoms with Crippen LogP contribution in [0.15, 0.2) is 18.2 Å². The van der Waals surface area contributed by atoms with Crippen LogP contribution in [0, 0.1) is 11.8 Å². The zero-order valence-corrected chi connectivity index (χ0v) is 13.7. The maximum absolute atomic E-state index is 10.1. The summed E-state index contributed by atoms with van der Waals surface area (Å²) in [6, 6.07) is 5.98. The van der Waals surface area contributed by atoms with Gasteiger partial charge in [-0.25, -0.2) is 0 Å². The lowest BCUT2D eigenvalue weighted by Gasteiger charge is -2.31. The van der Waals surface area contributed by atoms with Crippen LogP contribution >= 0.6 is 0 Å². The molecule has 0 heterocycles. The summed E-state index contributed by atoms with van der Waals surface area (Å²) >= 11 is 0. The highest BCUT2D eigenvalue weighted by Gasteiger charge is 2.20. The van der Waals surface area contributed by atoms with E-state index >= 15 is 0 Å². The third-order valence-electron chi connectivity index (χ3n) is 3.19. The molecule has 0 bridgehead atoms. The average Bonchev–Trinajstić information content (AvgIpc) is 2.35. The van der Waals surface area contributed by atoms with Gasteiger partial charge in [-0.3, -0.25) is 0 Å². The molecule has 3 nitrogen and oxygen atoms in total. The van der Waals surface area contributed by atoms with Gasteiger partial charge in [0.2, 0.25) is 0 Å². The Hall–Kier alpha value is -1.22. The number of ether oxygens (including phenoxy) is 1. The van der Waals surface area contributed by atoms with E-state index in [1.807, 2.05) is 12.1 Å². The molecule has 1 aromatic rings. The van der Waals surface area contributed by atoms with Gasteiger partial charge in [-0.15, -0.1) is 0 Å². The number of hydrogen-bond acceptors (Lipinski definition) is 3. The van der Waals surface area contributed by atoms with Crippen LogP contribution in [0.25, 0.3) is 0 Å². The molecule has 114 valence electrons. The second-order valence-corrected chi connectivity index (χ2v) is 6.26. The SMILES string of the molecule is COc1cccc(N(CC(C)C)CC(C)C)c1[C@H](C)O. The Morgan fingerprint density at radius 3 is 2.00 bits per heavy atom. The second-order valence-electron chi connectivity index (χ2n) is 6.26. The van der Waals surface area contributed by atoms with Crippen molar-refractivity contribution in [3.8, 4) is 5.75 Å². The topological polar surface area (TPSA) is 32.7 Å². The predicted molar refractivity (Wildman–Crippen MR) is 85.5 cm³/mol. The zero-order chi connectivity index (χ0) is 15.3. The Labute approximate surface area is 123 Å². The number of methoxy groups -OCH3 is 1. The third-order valence-corrected chi connectivity index (χ3v) is 3.19. The fourth-order valence-corrected chi connectivity index (χ4v) is 2.56. The van der Waals surface area contributed by atoms with Crippen LogP contribution in [0.5, 0.6) is 5.75 Å². The highest BCUT2D eigenvalue weighted by atomic mass is 16.5. The van der Waals surface area contributed by atoms with Gasteiger partial charge in [0.25, 0.3) is 0 Å². The number of aliphatic hydroxyl groups excluding tert-OH is 1. The van der Waals surface area contributed by atoms with E-state index in [4.69, 9.17) is 4.74 Å². The van der Waals surface area contributed by atoms with E-state index in [9.17, 15) is 5.11 Å². The summed E-state index contributed by atoms with van der Waals surface area (Å²) in [7, 11) is 1.65. The van der Waals surface area contributed by atoms with E-state index in [1.54, 1.807) is 14.0 Å². The molecule has 0 aliphatic carbocycles. The van der Waals surface area contributed by atoms with Crippen molar-refractivity contribution in [1.29, 1.82) is 0 Å². The first-order chi connectivity index (χ1) is 9.36. The number of hydrogen-bond donors (Lipinski definition) is 1. The molecule has 0 aliphatic heterocycles. The fourth-order valence-electron chi connectivity index (χ4n) is 2.56. The summed E-state index contributed by atoms with van der Waals surface area (Å²) in [6.07, 6.45) is -0.539. The van der Waals surface area contributed by atoms with Crippen LogP contribution in [-0.4, -0.2) is 25.3 Å². The molecule has 3 heteroatoms. The molecule has 0 radical (unpaired) electrons. The standard InChI is InChI=1S/C17H29NO2/c1-12(2)10-18(11-13(3)4)15-8-7-9-16(20-6)17(15)14(5)19/h7-9,12-14,19H,10-11H2,1-6H3/t14-/m0/s1. The van der Waals surface area contributed by atoms with Crippen LogP contribution in [-0.2, 0) is 0 Å². The molecule has 0 spiro atoms. The smallest absolute Gasteiger partial charge is 0.126 e. The number of nitrogens with zero attached hydrogens (tertiary/aromatic N) is 1. The summed E-state index contributed by atoms with van der Waals surface area (Å²) < 4.78 is 5.42. The molecule has 0 saturated heterocycles. The van der Waals surface area contributed by atoms with Gasteiger partial charge in [-0.2, -0.15) is 0 Å². The first kappa shape index (κ1) is 16.8. The predicted octanol–water partition coefficient (Wildman–Crippen LogP) is 3.87. The van der Waals surface area contributed by atoms with Crippen LogP contribution < -0.4 is 9.64 Å². The van der Waals surface area contributed by atoms with Crippen molar-refractivity contribution in [3.05, 3.63) is 23.8 Å². The average molecular weight is 279 g/mol. The van der Waals surface area contributed by atoms with Gasteiger partial charge in [0, 0.05) is 24.3 Å². The van der Waals surface area contributed by atoms with Crippen molar-refractivity contribution in [1.82, 2.24) is 0 Å². The lowest BCUT2D eigenvalue weighted by molar-refractivity contribution is 0.194. The molecule has 0 aromatic heterocycles. The summed E-state index contributed by atoms with van der Waals surface area (Å²) in [5.41, 5.74) is 1.97. The van der Waals surface area contributed by atoms with E-state index in [0.29, 0.717) is 11.8 Å². The van der Waals surface area contributed by atoms with Gasteiger partial charge < -0.3 is 14.7 Å². The van der Waals surface area contributed by atoms with Crippen molar-refractivity contribution in [2.75, 3.05) is 25.1 Å². The molecule has 1 aromatic carbocycles. The van der Waals surface area contributed by atoms with Crippen molar-refractivity contribution in [3.63, 3.8) is 0 Å². The van der Waals surface area contributed by atoms with Crippen LogP contribution in [0.4, 0.5) is 5.69 Å². The number of rotatable bonds is 7. The molecule has 1 N–H and O–H groups in total. The summed E-state index contributed by atoms with van der Waals surface area (Å²) in [5.74, 6) is 1.90. The Kier molecular flexibility index (Phi) is 6.34. The zero-order valence-electron chi connectivity index (χ0n) is 13.7. The lowest BCUT2D eigenvalue weighted by atomic mass is 10.0.